The summed E-state index contributed by atoms with van der Waals surface area (Å²) in [6.07, 6.45) is 12.9. The zero-order valence-corrected chi connectivity index (χ0v) is 10.3. The fraction of sp³-hybridized carbons (Fsp3) is 0.667. The van der Waals surface area contributed by atoms with Gasteiger partial charge in [0.1, 0.15) is 0 Å². The average molecular weight is 244 g/mol. The first-order valence-electron chi connectivity index (χ1n) is 5.92. The third-order valence-electron chi connectivity index (χ3n) is 2.50. The molecule has 0 spiro atoms. The Hall–Kier alpha value is -2.44. The average Bonchev–Trinajstić information content (AvgIpc) is 2.41. The lowest BCUT2D eigenvalue weighted by Gasteiger charge is -2.06. The van der Waals surface area contributed by atoms with Crippen LogP contribution in [0, 0.1) is 45.8 Å². The predicted molar refractivity (Wildman–Crippen MR) is 63.6 cm³/mol. The van der Waals surface area contributed by atoms with E-state index in [2.05, 4.69) is 0 Å². The molecule has 94 valence electrons. The molecule has 0 aromatic rings. The summed E-state index contributed by atoms with van der Waals surface area (Å²) in [4.78, 5) is 2.13. The van der Waals surface area contributed by atoms with Crippen molar-refractivity contribution < 1.29 is 0 Å². The number of nitrogens with zero attached hydrogens (tertiary/aromatic N) is 6. The summed E-state index contributed by atoms with van der Waals surface area (Å²) in [5, 5.41) is 34.0. The molecule has 0 aliphatic heterocycles. The number of unbranched alkanes of at least 4 members (excludes halogenated alkanes) is 5. The summed E-state index contributed by atoms with van der Waals surface area (Å²) in [5.41, 5.74) is 0. The van der Waals surface area contributed by atoms with Crippen molar-refractivity contribution in [3.05, 3.63) is 0 Å². The summed E-state index contributed by atoms with van der Waals surface area (Å²) >= 11 is 0. The Morgan fingerprint density at radius 2 is 0.778 bits per heavy atom. The minimum atomic E-state index is 0.490. The van der Waals surface area contributed by atoms with E-state index in [0.29, 0.717) is 13.1 Å². The molecule has 0 aromatic carbocycles. The highest BCUT2D eigenvalue weighted by atomic mass is 15.1. The molecule has 0 atom stereocenters. The molecule has 0 aliphatic carbocycles. The van der Waals surface area contributed by atoms with Gasteiger partial charge in [0.15, 0.2) is 24.8 Å². The van der Waals surface area contributed by atoms with Crippen LogP contribution in [0.1, 0.15) is 38.5 Å². The second-order valence-electron chi connectivity index (χ2n) is 3.82. The van der Waals surface area contributed by atoms with Crippen LogP contribution in [0.15, 0.2) is 0 Å². The Bertz CT molecular complexity index is 311. The molecule has 0 unspecified atom stereocenters. The van der Waals surface area contributed by atoms with Gasteiger partial charge in [-0.2, -0.15) is 21.0 Å². The van der Waals surface area contributed by atoms with E-state index >= 15 is 0 Å². The van der Waals surface area contributed by atoms with Gasteiger partial charge in [-0.1, -0.05) is 25.7 Å². The molecule has 0 heterocycles. The Kier molecular flexibility index (Phi) is 9.56. The summed E-state index contributed by atoms with van der Waals surface area (Å²) in [6.45, 7) is 0.979. The lowest BCUT2D eigenvalue weighted by molar-refractivity contribution is 0.472. The maximum Gasteiger partial charge on any atom is 0.193 e. The first-order valence-corrected chi connectivity index (χ1v) is 5.92. The first kappa shape index (κ1) is 15.6. The van der Waals surface area contributed by atoms with Crippen LogP contribution in [-0.4, -0.2) is 22.9 Å². The monoisotopic (exact) mass is 244 g/mol. The van der Waals surface area contributed by atoms with Crippen molar-refractivity contribution in [1.29, 1.82) is 21.0 Å². The second kappa shape index (κ2) is 11.1. The maximum absolute atomic E-state index is 8.49. The van der Waals surface area contributed by atoms with E-state index < -0.39 is 0 Å². The van der Waals surface area contributed by atoms with Crippen LogP contribution in [0.3, 0.4) is 0 Å². The van der Waals surface area contributed by atoms with Gasteiger partial charge in [-0.15, -0.1) is 0 Å². The van der Waals surface area contributed by atoms with Gasteiger partial charge in [-0.3, -0.25) is 0 Å². The molecule has 0 radical (unpaired) electrons. The Labute approximate surface area is 108 Å². The van der Waals surface area contributed by atoms with E-state index in [4.69, 9.17) is 21.0 Å². The van der Waals surface area contributed by atoms with Crippen molar-refractivity contribution in [3.8, 4) is 24.8 Å². The van der Waals surface area contributed by atoms with Crippen molar-refractivity contribution >= 4 is 0 Å². The zero-order chi connectivity index (χ0) is 13.6. The van der Waals surface area contributed by atoms with Crippen LogP contribution in [0.25, 0.3) is 0 Å². The minimum absolute atomic E-state index is 0.490. The van der Waals surface area contributed by atoms with Crippen molar-refractivity contribution in [3.63, 3.8) is 0 Å². The number of hydrogen-bond donors (Lipinski definition) is 0. The molecule has 0 fully saturated rings. The van der Waals surface area contributed by atoms with Gasteiger partial charge in [0, 0.05) is 13.1 Å². The van der Waals surface area contributed by atoms with Crippen LogP contribution in [0.2, 0.25) is 0 Å². The smallest absolute Gasteiger partial charge is 0.193 e. The van der Waals surface area contributed by atoms with Gasteiger partial charge >= 0.3 is 0 Å². The fourth-order valence-corrected chi connectivity index (χ4v) is 1.49. The highest BCUT2D eigenvalue weighted by Gasteiger charge is 2.00. The molecule has 0 amide bonds. The van der Waals surface area contributed by atoms with Crippen LogP contribution in [0.4, 0.5) is 0 Å². The number of nitriles is 4. The molecule has 18 heavy (non-hydrogen) atoms. The highest BCUT2D eigenvalue weighted by molar-refractivity contribution is 4.86. The summed E-state index contributed by atoms with van der Waals surface area (Å²) < 4.78 is 0. The fourth-order valence-electron chi connectivity index (χ4n) is 1.49. The molecule has 0 saturated heterocycles. The molecular formula is C12H16N6. The Morgan fingerprint density at radius 3 is 1.06 bits per heavy atom. The SMILES string of the molecule is N#CN(C#N)CCCCCCCCN(C#N)C#N. The van der Waals surface area contributed by atoms with Gasteiger partial charge in [-0.05, 0) is 12.8 Å². The van der Waals surface area contributed by atoms with Crippen LogP contribution < -0.4 is 0 Å². The molecule has 6 nitrogen and oxygen atoms in total. The molecule has 0 N–H and O–H groups in total. The van der Waals surface area contributed by atoms with E-state index in [0.717, 1.165) is 48.3 Å². The lowest BCUT2D eigenvalue weighted by Crippen LogP contribution is -2.12. The van der Waals surface area contributed by atoms with Gasteiger partial charge in [0.25, 0.3) is 0 Å². The van der Waals surface area contributed by atoms with Gasteiger partial charge in [0.2, 0.25) is 0 Å². The van der Waals surface area contributed by atoms with E-state index in [1.165, 1.54) is 0 Å². The van der Waals surface area contributed by atoms with Crippen LogP contribution in [0.5, 0.6) is 0 Å². The molecule has 6 heteroatoms. The standard InChI is InChI=1S/C12H16N6/c13-9-17(10-14)7-5-3-1-2-4-6-8-18(11-15)12-16/h1-8H2. The van der Waals surface area contributed by atoms with Crippen molar-refractivity contribution in [1.82, 2.24) is 9.80 Å². The Balaban J connectivity index is 3.34. The van der Waals surface area contributed by atoms with E-state index in [-0.39, 0.29) is 0 Å². The van der Waals surface area contributed by atoms with E-state index in [1.54, 1.807) is 24.8 Å². The van der Waals surface area contributed by atoms with E-state index in [1.807, 2.05) is 0 Å². The van der Waals surface area contributed by atoms with E-state index in [9.17, 15) is 0 Å². The van der Waals surface area contributed by atoms with Crippen molar-refractivity contribution in [2.45, 2.75) is 38.5 Å². The number of hydrogen-bond acceptors (Lipinski definition) is 6. The maximum atomic E-state index is 8.49. The van der Waals surface area contributed by atoms with Crippen LogP contribution >= 0.6 is 0 Å². The molecule has 0 aliphatic rings. The summed E-state index contributed by atoms with van der Waals surface area (Å²) in [6, 6.07) is 0. The van der Waals surface area contributed by atoms with Crippen molar-refractivity contribution in [2.75, 3.05) is 13.1 Å². The predicted octanol–water partition coefficient (Wildman–Crippen LogP) is 1.86. The third-order valence-corrected chi connectivity index (χ3v) is 2.50. The minimum Gasteiger partial charge on any atom is -0.216 e. The highest BCUT2D eigenvalue weighted by Crippen LogP contribution is 2.06. The largest absolute Gasteiger partial charge is 0.216 e. The zero-order valence-electron chi connectivity index (χ0n) is 10.3. The third kappa shape index (κ3) is 7.80. The van der Waals surface area contributed by atoms with Crippen molar-refractivity contribution in [2.24, 2.45) is 0 Å². The first-order chi connectivity index (χ1) is 8.78. The molecule has 0 bridgehead atoms. The molecule has 0 rings (SSSR count). The quantitative estimate of drug-likeness (QED) is 0.348. The second-order valence-corrected chi connectivity index (χ2v) is 3.82. The van der Waals surface area contributed by atoms with Gasteiger partial charge in [-0.25, -0.2) is 9.80 Å². The topological polar surface area (TPSA) is 102 Å². The van der Waals surface area contributed by atoms with Gasteiger partial charge < -0.3 is 0 Å². The normalized spacial score (nSPS) is 8.44. The van der Waals surface area contributed by atoms with Crippen LogP contribution in [-0.2, 0) is 0 Å². The Morgan fingerprint density at radius 1 is 0.500 bits per heavy atom. The molecule has 0 saturated carbocycles. The summed E-state index contributed by atoms with van der Waals surface area (Å²) in [7, 11) is 0. The van der Waals surface area contributed by atoms with Gasteiger partial charge in [0.05, 0.1) is 0 Å². The molecular weight excluding hydrogens is 228 g/mol. The molecule has 0 aromatic heterocycles. The lowest BCUT2D eigenvalue weighted by atomic mass is 10.1. The summed E-state index contributed by atoms with van der Waals surface area (Å²) in [5.74, 6) is 0. The number of rotatable bonds is 9.